The number of Topliss-reactive ketones (excluding diaryl/α,β-unsaturated/α-hetero) is 1. The molecule has 0 radical (unpaired) electrons. The third kappa shape index (κ3) is 2.67. The van der Waals surface area contributed by atoms with Gasteiger partial charge < -0.3 is 4.90 Å². The van der Waals surface area contributed by atoms with Crippen LogP contribution in [-0.4, -0.2) is 29.8 Å². The predicted octanol–water partition coefficient (Wildman–Crippen LogP) is 1.91. The van der Waals surface area contributed by atoms with E-state index < -0.39 is 0 Å². The molecule has 0 aromatic carbocycles. The molecule has 1 heterocycles. The van der Waals surface area contributed by atoms with Crippen molar-refractivity contribution in [3.8, 4) is 6.07 Å². The molecule has 0 saturated carbocycles. The van der Waals surface area contributed by atoms with Gasteiger partial charge in [-0.05, 0) is 13.8 Å². The van der Waals surface area contributed by atoms with Gasteiger partial charge in [0.1, 0.15) is 11.6 Å². The number of carbonyl (C=O) groups excluding carboxylic acids is 1. The van der Waals surface area contributed by atoms with Crippen LogP contribution in [0.15, 0.2) is 11.8 Å². The fourth-order valence-electron chi connectivity index (χ4n) is 1.26. The number of nitrogens with zero attached hydrogens (tertiary/aromatic N) is 3. The first-order valence-corrected chi connectivity index (χ1v) is 5.54. The van der Waals surface area contributed by atoms with Crippen LogP contribution in [-0.2, 0) is 0 Å². The molecule has 1 aromatic rings. The molecular formula is C11H13N3OS. The molecule has 0 fully saturated rings. The number of aromatic nitrogens is 1. The quantitative estimate of drug-likeness (QED) is 0.456. The first-order valence-electron chi connectivity index (χ1n) is 4.72. The van der Waals surface area contributed by atoms with E-state index in [-0.39, 0.29) is 11.4 Å². The van der Waals surface area contributed by atoms with Gasteiger partial charge in [0, 0.05) is 20.3 Å². The molecule has 0 aliphatic carbocycles. The molecule has 0 amide bonds. The molecule has 4 nitrogen and oxygen atoms in total. The number of hydrogen-bond donors (Lipinski definition) is 0. The third-order valence-electron chi connectivity index (χ3n) is 1.86. The SMILES string of the molecule is Cc1nc(C)c(C(=O)/C(C#N)=C/N(C)C)s1. The van der Waals surface area contributed by atoms with Gasteiger partial charge in [0.25, 0.3) is 0 Å². The summed E-state index contributed by atoms with van der Waals surface area (Å²) < 4.78 is 0. The normalized spacial score (nSPS) is 11.1. The van der Waals surface area contributed by atoms with E-state index in [1.807, 2.05) is 13.0 Å². The van der Waals surface area contributed by atoms with E-state index in [4.69, 9.17) is 5.26 Å². The number of allylic oxidation sites excluding steroid dienone is 1. The van der Waals surface area contributed by atoms with Crippen molar-refractivity contribution in [1.82, 2.24) is 9.88 Å². The molecule has 5 heteroatoms. The molecule has 0 spiro atoms. The number of ketones is 1. The van der Waals surface area contributed by atoms with Crippen molar-refractivity contribution in [2.24, 2.45) is 0 Å². The Morgan fingerprint density at radius 1 is 1.50 bits per heavy atom. The molecule has 16 heavy (non-hydrogen) atoms. The monoisotopic (exact) mass is 235 g/mol. The Labute approximate surface area is 98.8 Å². The number of thiazole rings is 1. The van der Waals surface area contributed by atoms with E-state index in [1.165, 1.54) is 17.5 Å². The van der Waals surface area contributed by atoms with Crippen molar-refractivity contribution in [3.63, 3.8) is 0 Å². The van der Waals surface area contributed by atoms with Crippen molar-refractivity contribution in [2.45, 2.75) is 13.8 Å². The highest BCUT2D eigenvalue weighted by Gasteiger charge is 2.18. The summed E-state index contributed by atoms with van der Waals surface area (Å²) in [6.45, 7) is 3.62. The van der Waals surface area contributed by atoms with Gasteiger partial charge in [-0.25, -0.2) is 4.98 Å². The first-order chi connectivity index (χ1) is 7.45. The average Bonchev–Trinajstić information content (AvgIpc) is 2.53. The Morgan fingerprint density at radius 3 is 2.50 bits per heavy atom. The van der Waals surface area contributed by atoms with Crippen LogP contribution in [0.25, 0.3) is 0 Å². The number of aryl methyl sites for hydroxylation is 2. The van der Waals surface area contributed by atoms with Gasteiger partial charge in [-0.1, -0.05) is 0 Å². The zero-order valence-corrected chi connectivity index (χ0v) is 10.6. The van der Waals surface area contributed by atoms with Gasteiger partial charge in [-0.15, -0.1) is 11.3 Å². The lowest BCUT2D eigenvalue weighted by Gasteiger charge is -2.05. The van der Waals surface area contributed by atoms with Gasteiger partial charge in [-0.2, -0.15) is 5.26 Å². The Bertz CT molecular complexity index is 480. The lowest BCUT2D eigenvalue weighted by atomic mass is 10.1. The van der Waals surface area contributed by atoms with Crippen molar-refractivity contribution >= 4 is 17.1 Å². The van der Waals surface area contributed by atoms with Gasteiger partial charge in [0.05, 0.1) is 15.6 Å². The van der Waals surface area contributed by atoms with Crippen molar-refractivity contribution in [2.75, 3.05) is 14.1 Å². The molecular weight excluding hydrogens is 222 g/mol. The van der Waals surface area contributed by atoms with E-state index in [0.717, 1.165) is 5.01 Å². The minimum atomic E-state index is -0.251. The zero-order chi connectivity index (χ0) is 12.3. The lowest BCUT2D eigenvalue weighted by Crippen LogP contribution is -2.08. The Kier molecular flexibility index (Phi) is 3.80. The number of nitriles is 1. The second-order valence-corrected chi connectivity index (χ2v) is 4.80. The van der Waals surface area contributed by atoms with Crippen molar-refractivity contribution in [1.29, 1.82) is 5.26 Å². The van der Waals surface area contributed by atoms with Crippen LogP contribution >= 0.6 is 11.3 Å². The molecule has 84 valence electrons. The highest BCUT2D eigenvalue weighted by atomic mass is 32.1. The second kappa shape index (κ2) is 4.90. The van der Waals surface area contributed by atoms with Gasteiger partial charge in [0.2, 0.25) is 5.78 Å². The second-order valence-electron chi connectivity index (χ2n) is 3.59. The topological polar surface area (TPSA) is 57.0 Å². The zero-order valence-electron chi connectivity index (χ0n) is 9.74. The largest absolute Gasteiger partial charge is 0.382 e. The van der Waals surface area contributed by atoms with E-state index in [1.54, 1.807) is 25.9 Å². The predicted molar refractivity (Wildman–Crippen MR) is 63.3 cm³/mol. The van der Waals surface area contributed by atoms with Crippen LogP contribution < -0.4 is 0 Å². The fourth-order valence-corrected chi connectivity index (χ4v) is 2.13. The Morgan fingerprint density at radius 2 is 2.12 bits per heavy atom. The summed E-state index contributed by atoms with van der Waals surface area (Å²) >= 11 is 1.32. The van der Waals surface area contributed by atoms with Crippen LogP contribution in [0.1, 0.15) is 20.4 Å². The van der Waals surface area contributed by atoms with Crippen molar-refractivity contribution in [3.05, 3.63) is 27.4 Å². The molecule has 0 aliphatic heterocycles. The Hall–Kier alpha value is -1.67. The maximum absolute atomic E-state index is 12.0. The average molecular weight is 235 g/mol. The summed E-state index contributed by atoms with van der Waals surface area (Å²) in [5.41, 5.74) is 0.823. The summed E-state index contributed by atoms with van der Waals surface area (Å²) in [5, 5.41) is 9.76. The maximum atomic E-state index is 12.0. The highest BCUT2D eigenvalue weighted by molar-refractivity contribution is 7.14. The number of rotatable bonds is 3. The van der Waals surface area contributed by atoms with E-state index in [0.29, 0.717) is 10.6 Å². The van der Waals surface area contributed by atoms with E-state index in [2.05, 4.69) is 4.98 Å². The molecule has 0 unspecified atom stereocenters. The standard InChI is InChI=1S/C11H13N3OS/c1-7-11(16-8(2)13-7)10(15)9(5-12)6-14(3)4/h6H,1-4H3/b9-6+. The minimum Gasteiger partial charge on any atom is -0.382 e. The van der Waals surface area contributed by atoms with Crippen LogP contribution in [0.5, 0.6) is 0 Å². The van der Waals surface area contributed by atoms with Crippen LogP contribution in [0.2, 0.25) is 0 Å². The van der Waals surface area contributed by atoms with Crippen LogP contribution in [0.3, 0.4) is 0 Å². The van der Waals surface area contributed by atoms with Gasteiger partial charge >= 0.3 is 0 Å². The molecule has 0 atom stereocenters. The third-order valence-corrected chi connectivity index (χ3v) is 2.93. The lowest BCUT2D eigenvalue weighted by molar-refractivity contribution is 0.104. The maximum Gasteiger partial charge on any atom is 0.216 e. The van der Waals surface area contributed by atoms with E-state index >= 15 is 0 Å². The molecule has 0 saturated heterocycles. The minimum absolute atomic E-state index is 0.136. The van der Waals surface area contributed by atoms with Crippen LogP contribution in [0, 0.1) is 25.2 Å². The molecule has 0 aliphatic rings. The van der Waals surface area contributed by atoms with Gasteiger partial charge in [0.15, 0.2) is 0 Å². The molecule has 1 rings (SSSR count). The molecule has 0 N–H and O–H groups in total. The smallest absolute Gasteiger partial charge is 0.216 e. The summed E-state index contributed by atoms with van der Waals surface area (Å²) in [6.07, 6.45) is 1.52. The summed E-state index contributed by atoms with van der Waals surface area (Å²) in [4.78, 5) is 18.4. The highest BCUT2D eigenvalue weighted by Crippen LogP contribution is 2.20. The fraction of sp³-hybridized carbons (Fsp3) is 0.364. The number of hydrogen-bond acceptors (Lipinski definition) is 5. The summed E-state index contributed by atoms with van der Waals surface area (Å²) in [5.74, 6) is -0.251. The summed E-state index contributed by atoms with van der Waals surface area (Å²) in [6, 6.07) is 1.92. The number of carbonyl (C=O) groups is 1. The summed E-state index contributed by atoms with van der Waals surface area (Å²) in [7, 11) is 3.55. The van der Waals surface area contributed by atoms with Crippen LogP contribution in [0.4, 0.5) is 0 Å². The molecule has 1 aromatic heterocycles. The van der Waals surface area contributed by atoms with E-state index in [9.17, 15) is 4.79 Å². The molecule has 0 bridgehead atoms. The first kappa shape index (κ1) is 12.4. The Balaban J connectivity index is 3.11. The van der Waals surface area contributed by atoms with Gasteiger partial charge in [-0.3, -0.25) is 4.79 Å². The van der Waals surface area contributed by atoms with Crippen molar-refractivity contribution < 1.29 is 4.79 Å².